The molecular formula is C21H21F2N3O3S. The van der Waals surface area contributed by atoms with Crippen LogP contribution in [-0.2, 0) is 23.1 Å². The third-order valence-electron chi connectivity index (χ3n) is 4.49. The van der Waals surface area contributed by atoms with Gasteiger partial charge in [0.2, 0.25) is 10.0 Å². The molecule has 0 N–H and O–H groups in total. The first-order valence-electron chi connectivity index (χ1n) is 9.04. The number of imidazole rings is 1. The van der Waals surface area contributed by atoms with Crippen LogP contribution in [0.5, 0.6) is 5.75 Å². The lowest BCUT2D eigenvalue weighted by Gasteiger charge is -2.21. The fourth-order valence-electron chi connectivity index (χ4n) is 2.92. The van der Waals surface area contributed by atoms with Gasteiger partial charge in [-0.15, -0.1) is 6.58 Å². The Labute approximate surface area is 174 Å². The molecule has 0 bridgehead atoms. The quantitative estimate of drug-likeness (QED) is 0.484. The second-order valence-electron chi connectivity index (χ2n) is 6.48. The molecule has 0 fully saturated rings. The van der Waals surface area contributed by atoms with Crippen molar-refractivity contribution in [2.45, 2.75) is 18.0 Å². The van der Waals surface area contributed by atoms with Crippen molar-refractivity contribution in [1.29, 1.82) is 0 Å². The molecule has 0 saturated carbocycles. The summed E-state index contributed by atoms with van der Waals surface area (Å²) >= 11 is 0. The molecule has 0 amide bonds. The molecule has 30 heavy (non-hydrogen) atoms. The molecule has 0 spiro atoms. The smallest absolute Gasteiger partial charge is 0.243 e. The van der Waals surface area contributed by atoms with Crippen molar-refractivity contribution in [2.75, 3.05) is 13.7 Å². The van der Waals surface area contributed by atoms with Crippen molar-refractivity contribution in [3.8, 4) is 5.75 Å². The molecule has 0 atom stereocenters. The fourth-order valence-corrected chi connectivity index (χ4v) is 4.28. The molecule has 1 heterocycles. The minimum Gasteiger partial charge on any atom is -0.497 e. The molecular weight excluding hydrogens is 412 g/mol. The monoisotopic (exact) mass is 433 g/mol. The Hall–Kier alpha value is -3.04. The minimum absolute atomic E-state index is 0.0168. The highest BCUT2D eigenvalue weighted by molar-refractivity contribution is 7.89. The van der Waals surface area contributed by atoms with Crippen LogP contribution < -0.4 is 4.74 Å². The molecule has 6 nitrogen and oxygen atoms in total. The average Bonchev–Trinajstić information content (AvgIpc) is 3.17. The Morgan fingerprint density at radius 1 is 1.17 bits per heavy atom. The first kappa shape index (κ1) is 21.7. The number of hydrogen-bond acceptors (Lipinski definition) is 4. The number of hydrogen-bond donors (Lipinski definition) is 0. The number of nitrogens with zero attached hydrogens (tertiary/aromatic N) is 3. The second kappa shape index (κ2) is 9.19. The molecule has 1 aromatic heterocycles. The molecule has 0 radical (unpaired) electrons. The Morgan fingerprint density at radius 2 is 1.90 bits per heavy atom. The minimum atomic E-state index is -3.82. The van der Waals surface area contributed by atoms with Crippen molar-refractivity contribution >= 4 is 10.0 Å². The lowest BCUT2D eigenvalue weighted by Crippen LogP contribution is -2.32. The summed E-state index contributed by atoms with van der Waals surface area (Å²) in [5.41, 5.74) is 0.529. The summed E-state index contributed by atoms with van der Waals surface area (Å²) < 4.78 is 60.9. The van der Waals surface area contributed by atoms with Crippen LogP contribution in [-0.4, -0.2) is 35.9 Å². The third-order valence-corrected chi connectivity index (χ3v) is 6.31. The molecule has 3 aromatic rings. The molecule has 0 aliphatic carbocycles. The summed E-state index contributed by atoms with van der Waals surface area (Å²) in [6, 6.07) is 9.72. The Bertz CT molecular complexity index is 1130. The summed E-state index contributed by atoms with van der Waals surface area (Å²) in [5.74, 6) is -0.859. The van der Waals surface area contributed by atoms with Gasteiger partial charge in [-0.2, -0.15) is 4.31 Å². The van der Waals surface area contributed by atoms with E-state index in [0.29, 0.717) is 17.1 Å². The molecule has 2 aromatic carbocycles. The van der Waals surface area contributed by atoms with Crippen LogP contribution in [0.1, 0.15) is 11.4 Å². The van der Waals surface area contributed by atoms with E-state index in [-0.39, 0.29) is 24.5 Å². The first-order chi connectivity index (χ1) is 14.3. The van der Waals surface area contributed by atoms with Crippen LogP contribution in [0.4, 0.5) is 8.78 Å². The van der Waals surface area contributed by atoms with Gasteiger partial charge in [0.1, 0.15) is 11.6 Å². The van der Waals surface area contributed by atoms with Crippen molar-refractivity contribution in [2.24, 2.45) is 0 Å². The van der Waals surface area contributed by atoms with E-state index in [0.717, 1.165) is 12.1 Å². The molecule has 0 unspecified atom stereocenters. The lowest BCUT2D eigenvalue weighted by molar-refractivity contribution is 0.413. The van der Waals surface area contributed by atoms with Crippen LogP contribution in [0, 0.1) is 11.6 Å². The highest BCUT2D eigenvalue weighted by Gasteiger charge is 2.25. The SMILES string of the molecule is C=CCN(Cc1nccn1Cc1ccc(F)c(F)c1)S(=O)(=O)c1ccc(OC)cc1. The number of benzene rings is 2. The van der Waals surface area contributed by atoms with Gasteiger partial charge in [0.05, 0.1) is 18.6 Å². The number of ether oxygens (including phenoxy) is 1. The summed E-state index contributed by atoms with van der Waals surface area (Å²) in [7, 11) is -2.32. The largest absolute Gasteiger partial charge is 0.497 e. The molecule has 9 heteroatoms. The fraction of sp³-hybridized carbons (Fsp3) is 0.190. The van der Waals surface area contributed by atoms with Crippen molar-refractivity contribution < 1.29 is 21.9 Å². The molecule has 158 valence electrons. The maximum atomic E-state index is 13.5. The predicted molar refractivity (Wildman–Crippen MR) is 108 cm³/mol. The number of methoxy groups -OCH3 is 1. The zero-order valence-electron chi connectivity index (χ0n) is 16.3. The van der Waals surface area contributed by atoms with Crippen molar-refractivity contribution in [3.63, 3.8) is 0 Å². The van der Waals surface area contributed by atoms with Gasteiger partial charge in [-0.1, -0.05) is 12.1 Å². The number of sulfonamides is 1. The Kier molecular flexibility index (Phi) is 6.63. The van der Waals surface area contributed by atoms with Gasteiger partial charge in [0.15, 0.2) is 11.6 Å². The topological polar surface area (TPSA) is 64.4 Å². The third kappa shape index (κ3) is 4.74. The van der Waals surface area contributed by atoms with E-state index >= 15 is 0 Å². The van der Waals surface area contributed by atoms with Gasteiger partial charge in [0.25, 0.3) is 0 Å². The lowest BCUT2D eigenvalue weighted by atomic mass is 10.2. The second-order valence-corrected chi connectivity index (χ2v) is 8.42. The first-order valence-corrected chi connectivity index (χ1v) is 10.5. The van der Waals surface area contributed by atoms with Crippen LogP contribution in [0.2, 0.25) is 0 Å². The van der Waals surface area contributed by atoms with Crippen LogP contribution in [0.15, 0.2) is 72.4 Å². The molecule has 0 saturated heterocycles. The number of aromatic nitrogens is 2. The van der Waals surface area contributed by atoms with Gasteiger partial charge in [0, 0.05) is 25.5 Å². The number of rotatable bonds is 9. The van der Waals surface area contributed by atoms with Gasteiger partial charge < -0.3 is 9.30 Å². The van der Waals surface area contributed by atoms with Gasteiger partial charge in [-0.25, -0.2) is 22.2 Å². The van der Waals surface area contributed by atoms with Crippen LogP contribution in [0.25, 0.3) is 0 Å². The van der Waals surface area contributed by atoms with E-state index < -0.39 is 21.7 Å². The van der Waals surface area contributed by atoms with Crippen molar-refractivity contribution in [3.05, 3.63) is 90.5 Å². The highest BCUT2D eigenvalue weighted by Crippen LogP contribution is 2.21. The van der Waals surface area contributed by atoms with E-state index in [1.807, 2.05) is 0 Å². The maximum absolute atomic E-state index is 13.5. The van der Waals surface area contributed by atoms with E-state index in [2.05, 4.69) is 11.6 Å². The zero-order valence-corrected chi connectivity index (χ0v) is 17.1. The van der Waals surface area contributed by atoms with E-state index in [1.165, 1.54) is 41.9 Å². The summed E-state index contributed by atoms with van der Waals surface area (Å²) in [4.78, 5) is 4.36. The molecule has 0 aliphatic rings. The van der Waals surface area contributed by atoms with Gasteiger partial charge >= 0.3 is 0 Å². The van der Waals surface area contributed by atoms with Gasteiger partial charge in [-0.3, -0.25) is 0 Å². The van der Waals surface area contributed by atoms with E-state index in [9.17, 15) is 17.2 Å². The van der Waals surface area contributed by atoms with E-state index in [1.54, 1.807) is 22.9 Å². The Balaban J connectivity index is 1.85. The van der Waals surface area contributed by atoms with Gasteiger partial charge in [-0.05, 0) is 42.0 Å². The van der Waals surface area contributed by atoms with Crippen molar-refractivity contribution in [1.82, 2.24) is 13.9 Å². The number of halogens is 2. The standard InChI is InChI=1S/C21H21F2N3O3S/c1-3-11-26(30(27,28)18-7-5-17(29-2)6-8-18)15-21-24-10-12-25(21)14-16-4-9-19(22)20(23)13-16/h3-10,12-13H,1,11,14-15H2,2H3. The molecule has 0 aliphatic heterocycles. The molecule has 3 rings (SSSR count). The normalized spacial score (nSPS) is 11.6. The van der Waals surface area contributed by atoms with E-state index in [4.69, 9.17) is 4.74 Å². The summed E-state index contributed by atoms with van der Waals surface area (Å²) in [5, 5.41) is 0. The van der Waals surface area contributed by atoms with Crippen LogP contribution in [0.3, 0.4) is 0 Å². The predicted octanol–water partition coefficient (Wildman–Crippen LogP) is 3.60. The summed E-state index contributed by atoms with van der Waals surface area (Å²) in [6.07, 6.45) is 4.67. The highest BCUT2D eigenvalue weighted by atomic mass is 32.2. The average molecular weight is 433 g/mol. The maximum Gasteiger partial charge on any atom is 0.243 e. The Morgan fingerprint density at radius 3 is 2.53 bits per heavy atom. The zero-order chi connectivity index (χ0) is 21.7. The summed E-state index contributed by atoms with van der Waals surface area (Å²) in [6.45, 7) is 3.92. The van der Waals surface area contributed by atoms with Crippen LogP contribution >= 0.6 is 0 Å².